The molecule has 0 spiro atoms. The van der Waals surface area contributed by atoms with Gasteiger partial charge in [-0.25, -0.2) is 4.39 Å². The molecule has 0 aliphatic rings. The van der Waals surface area contributed by atoms with Crippen molar-refractivity contribution in [1.29, 1.82) is 0 Å². The molecule has 0 saturated heterocycles. The van der Waals surface area contributed by atoms with Crippen LogP contribution in [0.1, 0.15) is 19.0 Å². The second-order valence-corrected chi connectivity index (χ2v) is 11.7. The van der Waals surface area contributed by atoms with Crippen LogP contribution in [0, 0.1) is 5.82 Å². The van der Waals surface area contributed by atoms with Crippen molar-refractivity contribution in [2.24, 2.45) is 0 Å². The Bertz CT molecular complexity index is 905. The van der Waals surface area contributed by atoms with Crippen LogP contribution in [0.4, 0.5) is 4.39 Å². The summed E-state index contributed by atoms with van der Waals surface area (Å²) in [4.78, 5) is 12.3. The van der Waals surface area contributed by atoms with Crippen molar-refractivity contribution >= 4 is 30.1 Å². The average Bonchev–Trinajstić information content (AvgIpc) is 3.06. The number of fused-ring (bicyclic) bond motifs is 1. The van der Waals surface area contributed by atoms with E-state index in [9.17, 15) is 9.18 Å². The first-order valence-corrected chi connectivity index (χ1v) is 12.0. The minimum atomic E-state index is -2.10. The van der Waals surface area contributed by atoms with Gasteiger partial charge in [0.25, 0.3) is 0 Å². The Kier molecular flexibility index (Phi) is 5.27. The van der Waals surface area contributed by atoms with E-state index in [1.807, 2.05) is 37.4 Å². The average molecular weight is 370 g/mol. The quantitative estimate of drug-likeness (QED) is 0.475. The van der Waals surface area contributed by atoms with Crippen molar-refractivity contribution in [2.45, 2.75) is 32.1 Å². The second kappa shape index (κ2) is 7.46. The third-order valence-corrected chi connectivity index (χ3v) is 9.03. The fourth-order valence-corrected chi connectivity index (χ4v) is 6.60. The van der Waals surface area contributed by atoms with Crippen molar-refractivity contribution in [3.05, 3.63) is 66.6 Å². The largest absolute Gasteiger partial charge is 0.466 e. The number of carbonyl (C=O) groups excluding carboxylic acids is 1. The molecule has 5 heteroatoms. The Morgan fingerprint density at radius 3 is 2.54 bits per heavy atom. The first-order chi connectivity index (χ1) is 12.4. The molecule has 0 radical (unpaired) electrons. The van der Waals surface area contributed by atoms with E-state index in [0.29, 0.717) is 12.0 Å². The van der Waals surface area contributed by atoms with E-state index in [0.717, 1.165) is 5.52 Å². The molecule has 3 aromatic rings. The van der Waals surface area contributed by atoms with Gasteiger partial charge in [-0.15, -0.1) is 0 Å². The molecular formula is C21H24FNO2Si. The molecule has 3 rings (SSSR count). The Hall–Kier alpha value is -2.40. The zero-order valence-corrected chi connectivity index (χ0v) is 16.4. The van der Waals surface area contributed by atoms with E-state index in [1.54, 1.807) is 12.1 Å². The van der Waals surface area contributed by atoms with Gasteiger partial charge in [-0.05, 0) is 25.1 Å². The molecule has 2 aromatic carbocycles. The van der Waals surface area contributed by atoms with Gasteiger partial charge in [0.1, 0.15) is 13.9 Å². The first-order valence-electron chi connectivity index (χ1n) is 8.91. The predicted molar refractivity (Wildman–Crippen MR) is 106 cm³/mol. The lowest BCUT2D eigenvalue weighted by Crippen LogP contribution is -2.50. The maximum absolute atomic E-state index is 14.2. The molecule has 0 aliphatic carbocycles. The molecule has 0 aliphatic heterocycles. The number of carbonyl (C=O) groups is 1. The Labute approximate surface area is 154 Å². The van der Waals surface area contributed by atoms with E-state index in [4.69, 9.17) is 4.74 Å². The van der Waals surface area contributed by atoms with Crippen LogP contribution in [0.2, 0.25) is 13.1 Å². The maximum Gasteiger partial charge on any atom is 0.307 e. The predicted octanol–water partition coefficient (Wildman–Crippen LogP) is 4.43. The van der Waals surface area contributed by atoms with Crippen LogP contribution in [0.5, 0.6) is 0 Å². The monoisotopic (exact) mass is 369 g/mol. The highest BCUT2D eigenvalue weighted by Gasteiger charge is 2.37. The fraction of sp³-hybridized carbons (Fsp3) is 0.286. The van der Waals surface area contributed by atoms with E-state index in [2.05, 4.69) is 29.8 Å². The van der Waals surface area contributed by atoms with Crippen molar-refractivity contribution < 1.29 is 13.9 Å². The summed E-state index contributed by atoms with van der Waals surface area (Å²) >= 11 is 0. The lowest BCUT2D eigenvalue weighted by molar-refractivity contribution is -0.143. The van der Waals surface area contributed by atoms with Crippen LogP contribution >= 0.6 is 0 Å². The number of benzene rings is 2. The van der Waals surface area contributed by atoms with Gasteiger partial charge in [0.2, 0.25) is 0 Å². The second-order valence-electron chi connectivity index (χ2n) is 7.01. The zero-order chi connectivity index (χ0) is 18.7. The first kappa shape index (κ1) is 18.4. The highest BCUT2D eigenvalue weighted by molar-refractivity contribution is 6.90. The van der Waals surface area contributed by atoms with E-state index in [-0.39, 0.29) is 23.9 Å². The molecule has 1 atom stereocenters. The van der Waals surface area contributed by atoms with E-state index >= 15 is 0 Å². The molecule has 0 bridgehead atoms. The van der Waals surface area contributed by atoms with Gasteiger partial charge in [0, 0.05) is 17.2 Å². The van der Waals surface area contributed by atoms with Crippen molar-refractivity contribution in [1.82, 2.24) is 4.57 Å². The minimum absolute atomic E-state index is 0.0664. The van der Waals surface area contributed by atoms with E-state index < -0.39 is 8.07 Å². The Morgan fingerprint density at radius 2 is 1.85 bits per heavy atom. The molecule has 0 amide bonds. The summed E-state index contributed by atoms with van der Waals surface area (Å²) in [6, 6.07) is 17.2. The lowest BCUT2D eigenvalue weighted by Gasteiger charge is -2.34. The van der Waals surface area contributed by atoms with Gasteiger partial charge in [-0.2, -0.15) is 0 Å². The van der Waals surface area contributed by atoms with Gasteiger partial charge in [0.05, 0.1) is 18.5 Å². The molecule has 136 valence electrons. The zero-order valence-electron chi connectivity index (χ0n) is 15.4. The molecule has 1 heterocycles. The van der Waals surface area contributed by atoms with E-state index in [1.165, 1.54) is 11.3 Å². The fourth-order valence-electron chi connectivity index (χ4n) is 3.56. The van der Waals surface area contributed by atoms with Gasteiger partial charge >= 0.3 is 5.97 Å². The molecule has 0 saturated carbocycles. The summed E-state index contributed by atoms with van der Waals surface area (Å²) in [6.45, 7) is 6.67. The number of rotatable bonds is 6. The molecular weight excluding hydrogens is 345 g/mol. The molecule has 0 N–H and O–H groups in total. The van der Waals surface area contributed by atoms with Crippen LogP contribution in [0.25, 0.3) is 10.9 Å². The summed E-state index contributed by atoms with van der Waals surface area (Å²) in [6.07, 6.45) is 2.18. The third kappa shape index (κ3) is 3.44. The number of ether oxygens (including phenoxy) is 1. The molecule has 1 unspecified atom stereocenters. The van der Waals surface area contributed by atoms with Crippen molar-refractivity contribution in [2.75, 3.05) is 6.61 Å². The van der Waals surface area contributed by atoms with Crippen molar-refractivity contribution in [3.8, 4) is 0 Å². The number of esters is 1. The Balaban J connectivity index is 2.11. The third-order valence-electron chi connectivity index (χ3n) is 5.06. The summed E-state index contributed by atoms with van der Waals surface area (Å²) in [5.74, 6) is -0.456. The highest BCUT2D eigenvalue weighted by Crippen LogP contribution is 2.31. The number of hydrogen-bond acceptors (Lipinski definition) is 2. The molecule has 1 aromatic heterocycles. The SMILES string of the molecule is CCOC(=O)CC(n1ccc2c(F)cccc21)[Si](C)(C)c1ccccc1. The van der Waals surface area contributed by atoms with Gasteiger partial charge in [0.15, 0.2) is 0 Å². The van der Waals surface area contributed by atoms with Crippen LogP contribution in [0.15, 0.2) is 60.8 Å². The standard InChI is InChI=1S/C21H24FNO2Si/c1-4-25-21(24)15-20(26(2,3)16-9-6-5-7-10-16)23-14-13-17-18(22)11-8-12-19(17)23/h5-14,20H,4,15H2,1-3H3. The molecule has 26 heavy (non-hydrogen) atoms. The highest BCUT2D eigenvalue weighted by atomic mass is 28.3. The molecule has 3 nitrogen and oxygen atoms in total. The summed E-state index contributed by atoms with van der Waals surface area (Å²) in [5.41, 5.74) is 0.749. The van der Waals surface area contributed by atoms with Gasteiger partial charge < -0.3 is 9.30 Å². The normalized spacial score (nSPS) is 12.9. The number of nitrogens with zero attached hydrogens (tertiary/aromatic N) is 1. The minimum Gasteiger partial charge on any atom is -0.466 e. The summed E-state index contributed by atoms with van der Waals surface area (Å²) < 4.78 is 21.5. The number of aromatic nitrogens is 1. The number of halogens is 1. The smallest absolute Gasteiger partial charge is 0.307 e. The van der Waals surface area contributed by atoms with Crippen LogP contribution in [0.3, 0.4) is 0 Å². The number of hydrogen-bond donors (Lipinski definition) is 0. The lowest BCUT2D eigenvalue weighted by atomic mass is 10.2. The van der Waals surface area contributed by atoms with Gasteiger partial charge in [-0.3, -0.25) is 4.79 Å². The summed E-state index contributed by atoms with van der Waals surface area (Å²) in [5, 5.41) is 1.84. The topological polar surface area (TPSA) is 31.2 Å². The van der Waals surface area contributed by atoms with Crippen LogP contribution < -0.4 is 5.19 Å². The maximum atomic E-state index is 14.2. The summed E-state index contributed by atoms with van der Waals surface area (Å²) in [7, 11) is -2.10. The Morgan fingerprint density at radius 1 is 1.12 bits per heavy atom. The van der Waals surface area contributed by atoms with Crippen molar-refractivity contribution in [3.63, 3.8) is 0 Å². The molecule has 0 fully saturated rings. The van der Waals surface area contributed by atoms with Crippen LogP contribution in [-0.2, 0) is 9.53 Å². The van der Waals surface area contributed by atoms with Gasteiger partial charge in [-0.1, -0.05) is 54.7 Å². The van der Waals surface area contributed by atoms with Crippen LogP contribution in [-0.4, -0.2) is 25.2 Å².